The van der Waals surface area contributed by atoms with E-state index in [9.17, 15) is 9.59 Å². The van der Waals surface area contributed by atoms with Gasteiger partial charge in [0.15, 0.2) is 0 Å². The van der Waals surface area contributed by atoms with Crippen molar-refractivity contribution < 1.29 is 9.59 Å². The second-order valence-corrected chi connectivity index (χ2v) is 5.70. The molecule has 1 unspecified atom stereocenters. The van der Waals surface area contributed by atoms with E-state index in [0.29, 0.717) is 30.1 Å². The van der Waals surface area contributed by atoms with E-state index in [1.165, 1.54) is 6.92 Å². The Morgan fingerprint density at radius 2 is 1.61 bits per heavy atom. The van der Waals surface area contributed by atoms with Crippen LogP contribution in [-0.4, -0.2) is 30.2 Å². The summed E-state index contributed by atoms with van der Waals surface area (Å²) >= 11 is 4.08. The SMILES string of the molecule is CC(=O)NC(CS)C(=O)NCC(C(C)C)C(C)C. The topological polar surface area (TPSA) is 58.2 Å². The summed E-state index contributed by atoms with van der Waals surface area (Å²) in [6.07, 6.45) is 0. The molecule has 0 aromatic rings. The van der Waals surface area contributed by atoms with Crippen LogP contribution in [0.25, 0.3) is 0 Å². The Hall–Kier alpha value is -0.710. The van der Waals surface area contributed by atoms with Crippen LogP contribution in [0.5, 0.6) is 0 Å². The first-order valence-electron chi connectivity index (χ1n) is 6.45. The van der Waals surface area contributed by atoms with E-state index in [0.717, 1.165) is 0 Å². The third kappa shape index (κ3) is 6.28. The van der Waals surface area contributed by atoms with E-state index < -0.39 is 6.04 Å². The average Bonchev–Trinajstić information content (AvgIpc) is 2.24. The predicted octanol–water partition coefficient (Wildman–Crippen LogP) is 1.47. The van der Waals surface area contributed by atoms with Crippen molar-refractivity contribution in [3.8, 4) is 0 Å². The number of carbonyl (C=O) groups is 2. The summed E-state index contributed by atoms with van der Waals surface area (Å²) in [6, 6.07) is -0.550. The van der Waals surface area contributed by atoms with Gasteiger partial charge in [0, 0.05) is 19.2 Å². The molecule has 0 rings (SSSR count). The molecule has 0 bridgehead atoms. The quantitative estimate of drug-likeness (QED) is 0.616. The summed E-state index contributed by atoms with van der Waals surface area (Å²) in [4.78, 5) is 22.8. The van der Waals surface area contributed by atoms with E-state index in [1.54, 1.807) is 0 Å². The highest BCUT2D eigenvalue weighted by Crippen LogP contribution is 2.19. The minimum atomic E-state index is -0.550. The molecule has 0 spiro atoms. The van der Waals surface area contributed by atoms with Crippen LogP contribution in [0.4, 0.5) is 0 Å². The third-order valence-electron chi connectivity index (χ3n) is 3.10. The van der Waals surface area contributed by atoms with Gasteiger partial charge in [-0.1, -0.05) is 27.7 Å². The molecule has 2 N–H and O–H groups in total. The van der Waals surface area contributed by atoms with Gasteiger partial charge in [-0.05, 0) is 17.8 Å². The summed E-state index contributed by atoms with van der Waals surface area (Å²) in [7, 11) is 0. The molecule has 2 amide bonds. The lowest BCUT2D eigenvalue weighted by atomic mass is 9.85. The second kappa shape index (κ2) is 8.40. The maximum atomic E-state index is 11.9. The molecule has 4 nitrogen and oxygen atoms in total. The Labute approximate surface area is 116 Å². The zero-order valence-electron chi connectivity index (χ0n) is 12.0. The first-order valence-corrected chi connectivity index (χ1v) is 7.08. The van der Waals surface area contributed by atoms with Crippen molar-refractivity contribution in [3.63, 3.8) is 0 Å². The number of hydrogen-bond donors (Lipinski definition) is 3. The van der Waals surface area contributed by atoms with E-state index >= 15 is 0 Å². The number of nitrogens with one attached hydrogen (secondary N) is 2. The van der Waals surface area contributed by atoms with Crippen molar-refractivity contribution >= 4 is 24.4 Å². The molecule has 0 fully saturated rings. The number of rotatable bonds is 7. The van der Waals surface area contributed by atoms with E-state index in [-0.39, 0.29) is 11.8 Å². The summed E-state index contributed by atoms with van der Waals surface area (Å²) < 4.78 is 0. The number of carbonyl (C=O) groups excluding carboxylic acids is 2. The van der Waals surface area contributed by atoms with Crippen LogP contribution in [0.1, 0.15) is 34.6 Å². The second-order valence-electron chi connectivity index (χ2n) is 5.33. The van der Waals surface area contributed by atoms with Crippen LogP contribution in [0.15, 0.2) is 0 Å². The highest BCUT2D eigenvalue weighted by atomic mass is 32.1. The highest BCUT2D eigenvalue weighted by molar-refractivity contribution is 7.80. The molecule has 5 heteroatoms. The molecule has 0 saturated carbocycles. The summed E-state index contributed by atoms with van der Waals surface area (Å²) in [5.41, 5.74) is 0. The standard InChI is InChI=1S/C13H26N2O2S/c1-8(2)11(9(3)4)6-14-13(17)12(7-18)15-10(5)16/h8-9,11-12,18H,6-7H2,1-5H3,(H,14,17)(H,15,16). The lowest BCUT2D eigenvalue weighted by Crippen LogP contribution is -2.48. The molecule has 0 heterocycles. The van der Waals surface area contributed by atoms with Gasteiger partial charge in [0.2, 0.25) is 11.8 Å². The third-order valence-corrected chi connectivity index (χ3v) is 3.47. The number of hydrogen-bond acceptors (Lipinski definition) is 3. The fourth-order valence-electron chi connectivity index (χ4n) is 2.02. The molecule has 1 atom stereocenters. The fraction of sp³-hybridized carbons (Fsp3) is 0.846. The van der Waals surface area contributed by atoms with Gasteiger partial charge in [-0.2, -0.15) is 12.6 Å². The molecule has 0 saturated heterocycles. The number of amides is 2. The van der Waals surface area contributed by atoms with Crippen LogP contribution in [0.3, 0.4) is 0 Å². The summed E-state index contributed by atoms with van der Waals surface area (Å²) in [5, 5.41) is 5.48. The van der Waals surface area contributed by atoms with Crippen molar-refractivity contribution in [1.29, 1.82) is 0 Å². The van der Waals surface area contributed by atoms with Gasteiger partial charge in [0.1, 0.15) is 6.04 Å². The van der Waals surface area contributed by atoms with Gasteiger partial charge in [-0.15, -0.1) is 0 Å². The smallest absolute Gasteiger partial charge is 0.243 e. The minimum Gasteiger partial charge on any atom is -0.354 e. The largest absolute Gasteiger partial charge is 0.354 e. The lowest BCUT2D eigenvalue weighted by molar-refractivity contribution is -0.127. The molecular formula is C13H26N2O2S. The zero-order valence-corrected chi connectivity index (χ0v) is 12.9. The molecule has 0 aromatic carbocycles. The van der Waals surface area contributed by atoms with Crippen molar-refractivity contribution in [2.45, 2.75) is 40.7 Å². The molecule has 0 aliphatic rings. The first-order chi connectivity index (χ1) is 8.29. The molecule has 106 valence electrons. The molecule has 0 radical (unpaired) electrons. The Morgan fingerprint density at radius 1 is 1.11 bits per heavy atom. The Bertz CT molecular complexity index is 272. The molecule has 0 aliphatic carbocycles. The monoisotopic (exact) mass is 274 g/mol. The van der Waals surface area contributed by atoms with Crippen molar-refractivity contribution in [3.05, 3.63) is 0 Å². The number of thiol groups is 1. The van der Waals surface area contributed by atoms with Crippen molar-refractivity contribution in [2.24, 2.45) is 17.8 Å². The van der Waals surface area contributed by atoms with Gasteiger partial charge < -0.3 is 10.6 Å². The normalized spacial score (nSPS) is 12.9. The molecular weight excluding hydrogens is 248 g/mol. The molecule has 18 heavy (non-hydrogen) atoms. The van der Waals surface area contributed by atoms with Gasteiger partial charge in [0.05, 0.1) is 0 Å². The zero-order chi connectivity index (χ0) is 14.3. The van der Waals surface area contributed by atoms with Crippen molar-refractivity contribution in [2.75, 3.05) is 12.3 Å². The van der Waals surface area contributed by atoms with Crippen molar-refractivity contribution in [1.82, 2.24) is 10.6 Å². The average molecular weight is 274 g/mol. The maximum absolute atomic E-state index is 11.9. The van der Waals surface area contributed by atoms with E-state index in [2.05, 4.69) is 51.0 Å². The first kappa shape index (κ1) is 17.3. The lowest BCUT2D eigenvalue weighted by Gasteiger charge is -2.26. The fourth-order valence-corrected chi connectivity index (χ4v) is 2.28. The van der Waals surface area contributed by atoms with Gasteiger partial charge in [-0.25, -0.2) is 0 Å². The molecule has 0 aromatic heterocycles. The van der Waals surface area contributed by atoms with Crippen LogP contribution >= 0.6 is 12.6 Å². The van der Waals surface area contributed by atoms with Crippen LogP contribution in [0.2, 0.25) is 0 Å². The Balaban J connectivity index is 4.33. The highest BCUT2D eigenvalue weighted by Gasteiger charge is 2.21. The maximum Gasteiger partial charge on any atom is 0.243 e. The van der Waals surface area contributed by atoms with E-state index in [1.807, 2.05) is 0 Å². The Kier molecular flexibility index (Phi) is 8.07. The van der Waals surface area contributed by atoms with Gasteiger partial charge in [-0.3, -0.25) is 9.59 Å². The van der Waals surface area contributed by atoms with Crippen LogP contribution in [0, 0.1) is 17.8 Å². The van der Waals surface area contributed by atoms with Crippen LogP contribution in [-0.2, 0) is 9.59 Å². The van der Waals surface area contributed by atoms with Crippen LogP contribution < -0.4 is 10.6 Å². The predicted molar refractivity (Wildman–Crippen MR) is 77.6 cm³/mol. The Morgan fingerprint density at radius 3 is 1.94 bits per heavy atom. The molecule has 0 aliphatic heterocycles. The summed E-state index contributed by atoms with van der Waals surface area (Å²) in [5.74, 6) is 1.40. The van der Waals surface area contributed by atoms with Gasteiger partial charge in [0.25, 0.3) is 0 Å². The summed E-state index contributed by atoms with van der Waals surface area (Å²) in [6.45, 7) is 10.6. The van der Waals surface area contributed by atoms with Gasteiger partial charge >= 0.3 is 0 Å². The minimum absolute atomic E-state index is 0.161. The van der Waals surface area contributed by atoms with E-state index in [4.69, 9.17) is 0 Å².